The van der Waals surface area contributed by atoms with Crippen molar-refractivity contribution in [2.75, 3.05) is 19.6 Å². The van der Waals surface area contributed by atoms with Gasteiger partial charge in [-0.3, -0.25) is 0 Å². The van der Waals surface area contributed by atoms with Crippen LogP contribution in [0.5, 0.6) is 0 Å². The molecule has 0 unspecified atom stereocenters. The van der Waals surface area contributed by atoms with Crippen LogP contribution in [0.1, 0.15) is 33.6 Å². The van der Waals surface area contributed by atoms with Crippen molar-refractivity contribution in [1.82, 2.24) is 10.2 Å². The van der Waals surface area contributed by atoms with E-state index in [1.807, 2.05) is 20.8 Å². The largest absolute Gasteiger partial charge is 0.465 e. The maximum atomic E-state index is 11.0. The zero-order valence-corrected chi connectivity index (χ0v) is 9.92. The number of carboxylic acid groups (broad SMARTS) is 1. The number of nitrogens with one attached hydrogen (secondary N) is 1. The van der Waals surface area contributed by atoms with Gasteiger partial charge in [0, 0.05) is 18.6 Å². The van der Waals surface area contributed by atoms with Crippen LogP contribution < -0.4 is 5.32 Å². The van der Waals surface area contributed by atoms with Crippen LogP contribution in [-0.4, -0.2) is 41.3 Å². The number of carbonyl (C=O) groups is 1. The number of rotatable bonds is 5. The molecule has 0 radical (unpaired) electrons. The van der Waals surface area contributed by atoms with E-state index in [9.17, 15) is 4.79 Å². The summed E-state index contributed by atoms with van der Waals surface area (Å²) in [6.07, 6.45) is 1.82. The monoisotopic (exact) mass is 214 g/mol. The summed E-state index contributed by atoms with van der Waals surface area (Å²) in [4.78, 5) is 12.5. The maximum absolute atomic E-state index is 11.0. The average Bonchev–Trinajstić information content (AvgIpc) is 2.84. The zero-order valence-electron chi connectivity index (χ0n) is 9.92. The van der Waals surface area contributed by atoms with Crippen LogP contribution in [0.2, 0.25) is 0 Å². The fourth-order valence-electron chi connectivity index (χ4n) is 1.54. The molecule has 2 N–H and O–H groups in total. The van der Waals surface area contributed by atoms with Crippen molar-refractivity contribution in [3.05, 3.63) is 0 Å². The lowest BCUT2D eigenvalue weighted by Crippen LogP contribution is -2.48. The van der Waals surface area contributed by atoms with E-state index >= 15 is 0 Å². The molecule has 88 valence electrons. The molecular weight excluding hydrogens is 192 g/mol. The Morgan fingerprint density at radius 2 is 2.07 bits per heavy atom. The van der Waals surface area contributed by atoms with Crippen molar-refractivity contribution in [2.24, 2.45) is 5.92 Å². The van der Waals surface area contributed by atoms with Crippen LogP contribution in [0.25, 0.3) is 0 Å². The minimum atomic E-state index is -0.837. The van der Waals surface area contributed by atoms with Crippen molar-refractivity contribution in [2.45, 2.75) is 39.2 Å². The molecule has 0 saturated heterocycles. The Hall–Kier alpha value is -0.770. The summed E-state index contributed by atoms with van der Waals surface area (Å²) >= 11 is 0. The van der Waals surface area contributed by atoms with Gasteiger partial charge in [-0.15, -0.1) is 0 Å². The van der Waals surface area contributed by atoms with E-state index in [2.05, 4.69) is 5.32 Å². The SMILES string of the molecule is CC(C)(C)N(CCNCC1CC1)C(=O)O. The first-order chi connectivity index (χ1) is 6.91. The average molecular weight is 214 g/mol. The van der Waals surface area contributed by atoms with Crippen LogP contribution in [0.3, 0.4) is 0 Å². The van der Waals surface area contributed by atoms with E-state index in [1.165, 1.54) is 17.7 Å². The normalized spacial score (nSPS) is 16.5. The molecule has 0 bridgehead atoms. The quantitative estimate of drug-likeness (QED) is 0.686. The van der Waals surface area contributed by atoms with Crippen molar-refractivity contribution in [1.29, 1.82) is 0 Å². The highest BCUT2D eigenvalue weighted by Crippen LogP contribution is 2.27. The first kappa shape index (κ1) is 12.3. The molecule has 1 amide bonds. The van der Waals surface area contributed by atoms with Crippen molar-refractivity contribution in [3.8, 4) is 0 Å². The number of hydrogen-bond acceptors (Lipinski definition) is 2. The number of amides is 1. The summed E-state index contributed by atoms with van der Waals surface area (Å²) in [6.45, 7) is 8.11. The fourth-order valence-corrected chi connectivity index (χ4v) is 1.54. The summed E-state index contributed by atoms with van der Waals surface area (Å²) in [5, 5.41) is 12.3. The third kappa shape index (κ3) is 4.51. The number of hydrogen-bond donors (Lipinski definition) is 2. The molecular formula is C11H22N2O2. The summed E-state index contributed by atoms with van der Waals surface area (Å²) in [6, 6.07) is 0. The summed E-state index contributed by atoms with van der Waals surface area (Å²) in [7, 11) is 0. The molecule has 4 nitrogen and oxygen atoms in total. The topological polar surface area (TPSA) is 52.6 Å². The minimum absolute atomic E-state index is 0.312. The van der Waals surface area contributed by atoms with Crippen molar-refractivity contribution in [3.63, 3.8) is 0 Å². The van der Waals surface area contributed by atoms with Gasteiger partial charge in [0.25, 0.3) is 0 Å². The molecule has 0 aromatic rings. The van der Waals surface area contributed by atoms with Gasteiger partial charge in [0.15, 0.2) is 0 Å². The van der Waals surface area contributed by atoms with Gasteiger partial charge >= 0.3 is 6.09 Å². The predicted octanol–water partition coefficient (Wildman–Crippen LogP) is 1.76. The first-order valence-electron chi connectivity index (χ1n) is 5.62. The predicted molar refractivity (Wildman–Crippen MR) is 60.1 cm³/mol. The molecule has 15 heavy (non-hydrogen) atoms. The molecule has 4 heteroatoms. The molecule has 0 atom stereocenters. The van der Waals surface area contributed by atoms with E-state index < -0.39 is 6.09 Å². The lowest BCUT2D eigenvalue weighted by atomic mass is 10.1. The molecule has 1 saturated carbocycles. The van der Waals surface area contributed by atoms with E-state index in [0.717, 1.165) is 19.0 Å². The van der Waals surface area contributed by atoms with Crippen molar-refractivity contribution < 1.29 is 9.90 Å². The van der Waals surface area contributed by atoms with Gasteiger partial charge in [0.1, 0.15) is 0 Å². The van der Waals surface area contributed by atoms with E-state index in [-0.39, 0.29) is 5.54 Å². The third-order valence-corrected chi connectivity index (χ3v) is 2.68. The highest BCUT2D eigenvalue weighted by molar-refractivity contribution is 5.65. The fraction of sp³-hybridized carbons (Fsp3) is 0.909. The highest BCUT2D eigenvalue weighted by atomic mass is 16.4. The Labute approximate surface area is 91.6 Å². The van der Waals surface area contributed by atoms with Crippen LogP contribution >= 0.6 is 0 Å². The Morgan fingerprint density at radius 3 is 2.47 bits per heavy atom. The van der Waals surface area contributed by atoms with Gasteiger partial charge in [-0.2, -0.15) is 0 Å². The summed E-state index contributed by atoms with van der Waals surface area (Å²) < 4.78 is 0. The van der Waals surface area contributed by atoms with Gasteiger partial charge in [-0.05, 0) is 46.1 Å². The second-order valence-electron chi connectivity index (χ2n) is 5.25. The maximum Gasteiger partial charge on any atom is 0.407 e. The van der Waals surface area contributed by atoms with Crippen LogP contribution in [-0.2, 0) is 0 Å². The third-order valence-electron chi connectivity index (χ3n) is 2.68. The Bertz CT molecular complexity index is 219. The lowest BCUT2D eigenvalue weighted by Gasteiger charge is -2.33. The van der Waals surface area contributed by atoms with Crippen LogP contribution in [0.15, 0.2) is 0 Å². The highest BCUT2D eigenvalue weighted by Gasteiger charge is 2.25. The second-order valence-corrected chi connectivity index (χ2v) is 5.25. The summed E-state index contributed by atoms with van der Waals surface area (Å²) in [5.74, 6) is 0.845. The standard InChI is InChI=1S/C11H22N2O2/c1-11(2,3)13(10(14)15)7-6-12-8-9-4-5-9/h9,12H,4-8H2,1-3H3,(H,14,15). The molecule has 1 aliphatic rings. The van der Waals surface area contributed by atoms with Crippen molar-refractivity contribution >= 4 is 6.09 Å². The van der Waals surface area contributed by atoms with E-state index in [1.54, 1.807) is 0 Å². The minimum Gasteiger partial charge on any atom is -0.465 e. The molecule has 0 aliphatic heterocycles. The molecule has 0 spiro atoms. The molecule has 0 heterocycles. The van der Waals surface area contributed by atoms with Crippen LogP contribution in [0, 0.1) is 5.92 Å². The van der Waals surface area contributed by atoms with Gasteiger partial charge < -0.3 is 15.3 Å². The van der Waals surface area contributed by atoms with Gasteiger partial charge in [-0.25, -0.2) is 4.79 Å². The molecule has 1 aliphatic carbocycles. The van der Waals surface area contributed by atoms with E-state index in [4.69, 9.17) is 5.11 Å². The molecule has 1 fully saturated rings. The Balaban J connectivity index is 2.21. The van der Waals surface area contributed by atoms with Gasteiger partial charge in [0.2, 0.25) is 0 Å². The summed E-state index contributed by atoms with van der Waals surface area (Å²) in [5.41, 5.74) is -0.312. The molecule has 1 rings (SSSR count). The van der Waals surface area contributed by atoms with Crippen LogP contribution in [0.4, 0.5) is 4.79 Å². The zero-order chi connectivity index (χ0) is 11.5. The molecule has 0 aromatic heterocycles. The molecule has 0 aromatic carbocycles. The van der Waals surface area contributed by atoms with E-state index in [0.29, 0.717) is 6.54 Å². The number of nitrogens with zero attached hydrogens (tertiary/aromatic N) is 1. The second kappa shape index (κ2) is 4.84. The lowest BCUT2D eigenvalue weighted by molar-refractivity contribution is 0.101. The first-order valence-corrected chi connectivity index (χ1v) is 5.62. The smallest absolute Gasteiger partial charge is 0.407 e. The Morgan fingerprint density at radius 1 is 1.47 bits per heavy atom. The van der Waals surface area contributed by atoms with Gasteiger partial charge in [0.05, 0.1) is 0 Å². The van der Waals surface area contributed by atoms with Gasteiger partial charge in [-0.1, -0.05) is 0 Å². The Kier molecular flexibility index (Phi) is 3.97.